The van der Waals surface area contributed by atoms with Crippen LogP contribution >= 0.6 is 24.2 Å². The molecule has 1 aliphatic rings. The zero-order chi connectivity index (χ0) is 17.0. The third-order valence-corrected chi connectivity index (χ3v) is 5.75. The maximum absolute atomic E-state index is 12.5. The molecule has 1 aliphatic carbocycles. The van der Waals surface area contributed by atoms with Crippen LogP contribution in [0.2, 0.25) is 0 Å². The Bertz CT molecular complexity index is 689. The predicted molar refractivity (Wildman–Crippen MR) is 107 cm³/mol. The molecule has 1 saturated carbocycles. The molecule has 0 heterocycles. The highest BCUT2D eigenvalue weighted by Gasteiger charge is 2.41. The van der Waals surface area contributed by atoms with E-state index in [1.165, 1.54) is 10.5 Å². The molecule has 3 nitrogen and oxygen atoms in total. The van der Waals surface area contributed by atoms with E-state index in [0.717, 1.165) is 18.6 Å². The van der Waals surface area contributed by atoms with E-state index in [1.807, 2.05) is 49.4 Å². The van der Waals surface area contributed by atoms with Gasteiger partial charge in [0.2, 0.25) is 0 Å². The second kappa shape index (κ2) is 8.75. The summed E-state index contributed by atoms with van der Waals surface area (Å²) < 4.78 is 0. The van der Waals surface area contributed by atoms with Crippen LogP contribution in [0.1, 0.15) is 35.7 Å². The van der Waals surface area contributed by atoms with Crippen LogP contribution in [0.25, 0.3) is 0 Å². The Morgan fingerprint density at radius 2 is 1.80 bits per heavy atom. The number of halogens is 1. The number of thioether (sulfide) groups is 1. The Kier molecular flexibility index (Phi) is 6.94. The van der Waals surface area contributed by atoms with Crippen molar-refractivity contribution in [1.82, 2.24) is 5.32 Å². The molecule has 0 aliphatic heterocycles. The van der Waals surface area contributed by atoms with Crippen LogP contribution in [-0.2, 0) is 5.75 Å². The van der Waals surface area contributed by atoms with Gasteiger partial charge >= 0.3 is 0 Å². The van der Waals surface area contributed by atoms with Gasteiger partial charge in [0, 0.05) is 22.8 Å². The first-order chi connectivity index (χ1) is 11.6. The zero-order valence-corrected chi connectivity index (χ0v) is 16.0. The molecule has 0 bridgehead atoms. The molecule has 3 rings (SSSR count). The van der Waals surface area contributed by atoms with E-state index in [9.17, 15) is 4.79 Å². The largest absolute Gasteiger partial charge is 0.345 e. The van der Waals surface area contributed by atoms with Gasteiger partial charge in [0.05, 0.1) is 5.54 Å². The van der Waals surface area contributed by atoms with E-state index in [0.29, 0.717) is 18.0 Å². The van der Waals surface area contributed by atoms with Gasteiger partial charge in [-0.3, -0.25) is 4.79 Å². The second-order valence-corrected chi connectivity index (χ2v) is 7.70. The van der Waals surface area contributed by atoms with Gasteiger partial charge < -0.3 is 11.1 Å². The van der Waals surface area contributed by atoms with Crippen molar-refractivity contribution in [2.45, 2.75) is 36.0 Å². The van der Waals surface area contributed by atoms with Crippen molar-refractivity contribution >= 4 is 30.1 Å². The maximum atomic E-state index is 12.5. The standard InChI is InChI=1S/C20H24N2OS.ClH/c1-20(14-21,17-11-12-17)22-19(23)16-9-7-15(8-10-16)13-24-18-5-3-2-4-6-18;/h2-10,17H,11-14,21H2,1H3,(H,22,23);1H. The fraction of sp³-hybridized carbons (Fsp3) is 0.350. The van der Waals surface area contributed by atoms with Crippen molar-refractivity contribution < 1.29 is 4.79 Å². The number of nitrogens with one attached hydrogen (secondary N) is 1. The number of benzene rings is 2. The molecule has 2 aromatic rings. The summed E-state index contributed by atoms with van der Waals surface area (Å²) in [5.74, 6) is 1.39. The molecule has 0 radical (unpaired) electrons. The molecule has 0 saturated heterocycles. The van der Waals surface area contributed by atoms with Crippen LogP contribution in [-0.4, -0.2) is 18.0 Å². The van der Waals surface area contributed by atoms with Crippen LogP contribution in [0.15, 0.2) is 59.5 Å². The monoisotopic (exact) mass is 376 g/mol. The van der Waals surface area contributed by atoms with E-state index in [2.05, 4.69) is 17.4 Å². The Morgan fingerprint density at radius 3 is 2.36 bits per heavy atom. The highest BCUT2D eigenvalue weighted by Crippen LogP contribution is 2.39. The highest BCUT2D eigenvalue weighted by molar-refractivity contribution is 7.98. The first-order valence-corrected chi connectivity index (χ1v) is 9.39. The van der Waals surface area contributed by atoms with E-state index in [-0.39, 0.29) is 23.9 Å². The molecule has 25 heavy (non-hydrogen) atoms. The van der Waals surface area contributed by atoms with Gasteiger partial charge in [-0.2, -0.15) is 0 Å². The molecule has 0 spiro atoms. The SMILES string of the molecule is CC(CN)(NC(=O)c1ccc(CSc2ccccc2)cc1)C1CC1.Cl. The van der Waals surface area contributed by atoms with Crippen LogP contribution in [0.3, 0.4) is 0 Å². The number of hydrogen-bond donors (Lipinski definition) is 2. The summed E-state index contributed by atoms with van der Waals surface area (Å²) in [5.41, 5.74) is 7.51. The molecule has 5 heteroatoms. The summed E-state index contributed by atoms with van der Waals surface area (Å²) in [6.45, 7) is 2.53. The molecule has 1 fully saturated rings. The van der Waals surface area contributed by atoms with Gasteiger partial charge in [-0.1, -0.05) is 30.3 Å². The van der Waals surface area contributed by atoms with Gasteiger partial charge in [0.25, 0.3) is 5.91 Å². The van der Waals surface area contributed by atoms with Crippen molar-refractivity contribution in [2.24, 2.45) is 11.7 Å². The smallest absolute Gasteiger partial charge is 0.251 e. The molecule has 0 aromatic heterocycles. The Balaban J connectivity index is 0.00000225. The fourth-order valence-electron chi connectivity index (χ4n) is 2.81. The summed E-state index contributed by atoms with van der Waals surface area (Å²) >= 11 is 1.80. The lowest BCUT2D eigenvalue weighted by atomic mass is 9.95. The lowest BCUT2D eigenvalue weighted by Crippen LogP contribution is -2.53. The third-order valence-electron chi connectivity index (χ3n) is 4.67. The Labute approximate surface area is 160 Å². The molecule has 1 amide bonds. The van der Waals surface area contributed by atoms with Crippen LogP contribution < -0.4 is 11.1 Å². The lowest BCUT2D eigenvalue weighted by Gasteiger charge is -2.29. The number of amides is 1. The first kappa shape index (κ1) is 19.8. The van der Waals surface area contributed by atoms with E-state index >= 15 is 0 Å². The number of nitrogens with two attached hydrogens (primary N) is 1. The summed E-state index contributed by atoms with van der Waals surface area (Å²) in [6, 6.07) is 18.2. The number of carbonyl (C=O) groups is 1. The van der Waals surface area contributed by atoms with E-state index < -0.39 is 0 Å². The average Bonchev–Trinajstić information content (AvgIpc) is 3.47. The quantitative estimate of drug-likeness (QED) is 0.710. The summed E-state index contributed by atoms with van der Waals surface area (Å²) in [5, 5.41) is 3.13. The van der Waals surface area contributed by atoms with Gasteiger partial charge in [0.15, 0.2) is 0 Å². The molecular formula is C20H25ClN2OS. The van der Waals surface area contributed by atoms with Crippen molar-refractivity contribution in [3.05, 3.63) is 65.7 Å². The Hall–Kier alpha value is -1.49. The van der Waals surface area contributed by atoms with Crippen LogP contribution in [0.5, 0.6) is 0 Å². The zero-order valence-electron chi connectivity index (χ0n) is 14.4. The van der Waals surface area contributed by atoms with Crippen molar-refractivity contribution in [2.75, 3.05) is 6.54 Å². The van der Waals surface area contributed by atoms with Crippen molar-refractivity contribution in [3.8, 4) is 0 Å². The summed E-state index contributed by atoms with van der Waals surface area (Å²) in [4.78, 5) is 13.7. The first-order valence-electron chi connectivity index (χ1n) is 8.40. The van der Waals surface area contributed by atoms with Gasteiger partial charge in [-0.05, 0) is 55.5 Å². The topological polar surface area (TPSA) is 55.1 Å². The van der Waals surface area contributed by atoms with Gasteiger partial charge in [-0.25, -0.2) is 0 Å². The number of hydrogen-bond acceptors (Lipinski definition) is 3. The molecular weight excluding hydrogens is 352 g/mol. The molecule has 2 aromatic carbocycles. The fourth-order valence-corrected chi connectivity index (χ4v) is 3.68. The predicted octanol–water partition coefficient (Wildman–Crippen LogP) is 4.26. The minimum atomic E-state index is -0.279. The molecule has 1 unspecified atom stereocenters. The van der Waals surface area contributed by atoms with Gasteiger partial charge in [0.1, 0.15) is 0 Å². The van der Waals surface area contributed by atoms with E-state index in [1.54, 1.807) is 11.8 Å². The molecule has 134 valence electrons. The van der Waals surface area contributed by atoms with Gasteiger partial charge in [-0.15, -0.1) is 24.2 Å². The van der Waals surface area contributed by atoms with Crippen LogP contribution in [0, 0.1) is 5.92 Å². The Morgan fingerprint density at radius 1 is 1.16 bits per heavy atom. The summed E-state index contributed by atoms with van der Waals surface area (Å²) in [6.07, 6.45) is 2.31. The number of rotatable bonds is 7. The highest BCUT2D eigenvalue weighted by atomic mass is 35.5. The minimum Gasteiger partial charge on any atom is -0.345 e. The normalized spacial score (nSPS) is 15.8. The molecule has 3 N–H and O–H groups in total. The van der Waals surface area contributed by atoms with E-state index in [4.69, 9.17) is 5.73 Å². The minimum absolute atomic E-state index is 0. The second-order valence-electron chi connectivity index (χ2n) is 6.65. The van der Waals surface area contributed by atoms with Crippen LogP contribution in [0.4, 0.5) is 0 Å². The third kappa shape index (κ3) is 5.24. The van der Waals surface area contributed by atoms with Crippen molar-refractivity contribution in [3.63, 3.8) is 0 Å². The lowest BCUT2D eigenvalue weighted by molar-refractivity contribution is 0.0898. The average molecular weight is 377 g/mol. The molecule has 1 atom stereocenters. The van der Waals surface area contributed by atoms with Crippen molar-refractivity contribution in [1.29, 1.82) is 0 Å². The summed E-state index contributed by atoms with van der Waals surface area (Å²) in [7, 11) is 0. The number of carbonyl (C=O) groups excluding carboxylic acids is 1. The maximum Gasteiger partial charge on any atom is 0.251 e.